The Balaban J connectivity index is 1.53. The lowest BCUT2D eigenvalue weighted by Crippen LogP contribution is -2.34. The Morgan fingerprint density at radius 3 is 2.41 bits per heavy atom. The zero-order chi connectivity index (χ0) is 24.1. The number of carbonyl (C=O) groups excluding carboxylic acids is 1. The number of hydrogen-bond acceptors (Lipinski definition) is 6. The van der Waals surface area contributed by atoms with Crippen molar-refractivity contribution in [2.24, 2.45) is 0 Å². The van der Waals surface area contributed by atoms with Crippen LogP contribution in [-0.2, 0) is 17.9 Å². The van der Waals surface area contributed by atoms with Gasteiger partial charge in [-0.2, -0.15) is 0 Å². The van der Waals surface area contributed by atoms with Crippen molar-refractivity contribution in [3.8, 4) is 23.0 Å². The molecule has 34 heavy (non-hydrogen) atoms. The summed E-state index contributed by atoms with van der Waals surface area (Å²) in [7, 11) is 1.44. The number of aromatic carboxylic acids is 1. The third kappa shape index (κ3) is 5.37. The van der Waals surface area contributed by atoms with Crippen molar-refractivity contribution in [3.63, 3.8) is 0 Å². The third-order valence-electron chi connectivity index (χ3n) is 5.22. The van der Waals surface area contributed by atoms with Crippen LogP contribution in [0.1, 0.15) is 21.5 Å². The fourth-order valence-electron chi connectivity index (χ4n) is 3.46. The van der Waals surface area contributed by atoms with Crippen molar-refractivity contribution in [2.75, 3.05) is 20.5 Å². The van der Waals surface area contributed by atoms with Gasteiger partial charge in [0.25, 0.3) is 5.91 Å². The van der Waals surface area contributed by atoms with E-state index < -0.39 is 12.6 Å². The lowest BCUT2D eigenvalue weighted by Gasteiger charge is -2.23. The van der Waals surface area contributed by atoms with E-state index in [1.165, 1.54) is 42.3 Å². The second-order valence-electron chi connectivity index (χ2n) is 7.52. The average Bonchev–Trinajstić information content (AvgIpc) is 3.31. The van der Waals surface area contributed by atoms with Crippen molar-refractivity contribution >= 4 is 11.9 Å². The zero-order valence-corrected chi connectivity index (χ0v) is 18.3. The van der Waals surface area contributed by atoms with Crippen LogP contribution < -0.4 is 18.9 Å². The summed E-state index contributed by atoms with van der Waals surface area (Å²) in [6.07, 6.45) is 0. The van der Waals surface area contributed by atoms with Crippen LogP contribution in [0.3, 0.4) is 0 Å². The Kier molecular flexibility index (Phi) is 6.82. The number of benzene rings is 3. The van der Waals surface area contributed by atoms with Gasteiger partial charge >= 0.3 is 5.97 Å². The molecule has 0 atom stereocenters. The Bertz CT molecular complexity index is 1200. The molecule has 8 nitrogen and oxygen atoms in total. The summed E-state index contributed by atoms with van der Waals surface area (Å²) in [6.45, 7) is 0.150. The van der Waals surface area contributed by atoms with Crippen LogP contribution in [0.5, 0.6) is 23.0 Å². The molecular formula is C25H22FNO7. The number of amides is 1. The van der Waals surface area contributed by atoms with Crippen LogP contribution in [0.2, 0.25) is 0 Å². The van der Waals surface area contributed by atoms with Gasteiger partial charge in [0.05, 0.1) is 7.11 Å². The maximum Gasteiger partial charge on any atom is 0.339 e. The second-order valence-corrected chi connectivity index (χ2v) is 7.52. The molecule has 9 heteroatoms. The van der Waals surface area contributed by atoms with Gasteiger partial charge in [0.1, 0.15) is 22.9 Å². The van der Waals surface area contributed by atoms with Crippen molar-refractivity contribution in [3.05, 3.63) is 83.2 Å². The van der Waals surface area contributed by atoms with Gasteiger partial charge < -0.3 is 29.0 Å². The van der Waals surface area contributed by atoms with Gasteiger partial charge in [-0.25, -0.2) is 9.18 Å². The highest BCUT2D eigenvalue weighted by Crippen LogP contribution is 2.33. The number of halogens is 1. The number of hydrogen-bond donors (Lipinski definition) is 1. The van der Waals surface area contributed by atoms with Crippen molar-refractivity contribution in [1.82, 2.24) is 4.90 Å². The summed E-state index contributed by atoms with van der Waals surface area (Å²) in [4.78, 5) is 26.2. The Labute approximate surface area is 195 Å². The van der Waals surface area contributed by atoms with Crippen LogP contribution in [0.25, 0.3) is 0 Å². The first kappa shape index (κ1) is 22.9. The summed E-state index contributed by atoms with van der Waals surface area (Å²) in [6, 6.07) is 15.5. The molecule has 0 spiro atoms. The number of fused-ring (bicyclic) bond motifs is 1. The van der Waals surface area contributed by atoms with Gasteiger partial charge in [-0.3, -0.25) is 4.79 Å². The number of carboxylic acids is 1. The summed E-state index contributed by atoms with van der Waals surface area (Å²) in [5.74, 6) is -0.316. The van der Waals surface area contributed by atoms with Gasteiger partial charge in [0.2, 0.25) is 6.79 Å². The lowest BCUT2D eigenvalue weighted by atomic mass is 10.1. The Morgan fingerprint density at radius 2 is 1.68 bits per heavy atom. The van der Waals surface area contributed by atoms with E-state index >= 15 is 0 Å². The highest BCUT2D eigenvalue weighted by Gasteiger charge is 2.20. The smallest absolute Gasteiger partial charge is 0.339 e. The number of methoxy groups -OCH3 is 1. The van der Waals surface area contributed by atoms with Crippen molar-refractivity contribution in [1.29, 1.82) is 0 Å². The van der Waals surface area contributed by atoms with Crippen LogP contribution >= 0.6 is 0 Å². The standard InChI is InChI=1S/C25H22FNO7/c1-31-19-7-8-20(25(29)30)22(11-19)32-14-24(28)27(12-16-2-5-18(26)6-3-16)13-17-4-9-21-23(10-17)34-15-33-21/h2-11H,12-15H2,1H3,(H,29,30). The largest absolute Gasteiger partial charge is 0.497 e. The minimum atomic E-state index is -1.19. The van der Waals surface area contributed by atoms with Crippen molar-refractivity contribution in [2.45, 2.75) is 13.1 Å². The number of carboxylic acid groups (broad SMARTS) is 1. The van der Waals surface area contributed by atoms with Crippen LogP contribution in [0, 0.1) is 5.82 Å². The lowest BCUT2D eigenvalue weighted by molar-refractivity contribution is -0.134. The minimum Gasteiger partial charge on any atom is -0.497 e. The van der Waals surface area contributed by atoms with Gasteiger partial charge in [0, 0.05) is 19.2 Å². The van der Waals surface area contributed by atoms with Crippen molar-refractivity contribution < 1.29 is 38.0 Å². The highest BCUT2D eigenvalue weighted by molar-refractivity contribution is 5.91. The predicted octanol–water partition coefficient (Wildman–Crippen LogP) is 3.87. The van der Waals surface area contributed by atoms with E-state index in [1.807, 2.05) is 6.07 Å². The first-order chi connectivity index (χ1) is 16.4. The maximum absolute atomic E-state index is 13.3. The van der Waals surface area contributed by atoms with E-state index in [1.54, 1.807) is 24.3 Å². The number of ether oxygens (including phenoxy) is 4. The summed E-state index contributed by atoms with van der Waals surface area (Å²) in [5.41, 5.74) is 1.44. The van der Waals surface area contributed by atoms with E-state index in [-0.39, 0.29) is 42.9 Å². The molecule has 1 N–H and O–H groups in total. The summed E-state index contributed by atoms with van der Waals surface area (Å²) >= 11 is 0. The topological polar surface area (TPSA) is 94.5 Å². The quantitative estimate of drug-likeness (QED) is 0.511. The molecule has 0 bridgehead atoms. The SMILES string of the molecule is COc1ccc(C(=O)O)c(OCC(=O)N(Cc2ccc(F)cc2)Cc2ccc3c(c2)OCO3)c1. The van der Waals surface area contributed by atoms with E-state index in [4.69, 9.17) is 18.9 Å². The molecule has 1 aliphatic heterocycles. The zero-order valence-electron chi connectivity index (χ0n) is 18.3. The van der Waals surface area contributed by atoms with Gasteiger partial charge in [-0.05, 0) is 47.5 Å². The fourth-order valence-corrected chi connectivity index (χ4v) is 3.46. The molecule has 3 aromatic rings. The molecule has 0 aromatic heterocycles. The molecule has 4 rings (SSSR count). The van der Waals surface area contributed by atoms with Gasteiger partial charge in [-0.15, -0.1) is 0 Å². The average molecular weight is 467 g/mol. The van der Waals surface area contributed by atoms with E-state index in [2.05, 4.69) is 0 Å². The first-order valence-electron chi connectivity index (χ1n) is 10.4. The molecule has 0 saturated carbocycles. The molecule has 1 heterocycles. The van der Waals surface area contributed by atoms with Crippen LogP contribution in [0.15, 0.2) is 60.7 Å². The van der Waals surface area contributed by atoms with Crippen LogP contribution in [-0.4, -0.2) is 42.4 Å². The number of carbonyl (C=O) groups is 2. The Hall–Kier alpha value is -4.27. The molecule has 0 fully saturated rings. The molecule has 1 amide bonds. The summed E-state index contributed by atoms with van der Waals surface area (Å²) < 4.78 is 34.8. The molecule has 176 valence electrons. The molecule has 3 aromatic carbocycles. The molecule has 0 unspecified atom stereocenters. The van der Waals surface area contributed by atoms with E-state index in [9.17, 15) is 19.1 Å². The minimum absolute atomic E-state index is 0.0185. The van der Waals surface area contributed by atoms with E-state index in [0.29, 0.717) is 17.2 Å². The van der Waals surface area contributed by atoms with Gasteiger partial charge in [-0.1, -0.05) is 18.2 Å². The fraction of sp³-hybridized carbons (Fsp3) is 0.200. The normalized spacial score (nSPS) is 11.7. The molecule has 1 aliphatic rings. The molecular weight excluding hydrogens is 445 g/mol. The second kappa shape index (κ2) is 10.1. The molecule has 0 radical (unpaired) electrons. The predicted molar refractivity (Wildman–Crippen MR) is 119 cm³/mol. The van der Waals surface area contributed by atoms with Gasteiger partial charge in [0.15, 0.2) is 18.1 Å². The number of rotatable bonds is 9. The Morgan fingerprint density at radius 1 is 0.971 bits per heavy atom. The first-order valence-corrected chi connectivity index (χ1v) is 10.4. The summed E-state index contributed by atoms with van der Waals surface area (Å²) in [5, 5.41) is 9.42. The van der Waals surface area contributed by atoms with E-state index in [0.717, 1.165) is 11.1 Å². The monoisotopic (exact) mass is 467 g/mol. The third-order valence-corrected chi connectivity index (χ3v) is 5.22. The highest BCUT2D eigenvalue weighted by atomic mass is 19.1. The number of nitrogens with zero attached hydrogens (tertiary/aromatic N) is 1. The molecule has 0 aliphatic carbocycles. The maximum atomic E-state index is 13.3. The van der Waals surface area contributed by atoms with Crippen LogP contribution in [0.4, 0.5) is 4.39 Å². The molecule has 0 saturated heterocycles.